The van der Waals surface area contributed by atoms with Crippen molar-refractivity contribution in [1.82, 2.24) is 10.6 Å². The Balaban J connectivity index is 1.69. The number of amides is 2. The largest absolute Gasteiger partial charge is 0.394 e. The number of hydrogen-bond acceptors (Lipinski definition) is 4. The van der Waals surface area contributed by atoms with E-state index in [9.17, 15) is 19.8 Å². The molecule has 3 aromatic rings. The van der Waals surface area contributed by atoms with Crippen molar-refractivity contribution in [3.05, 3.63) is 107 Å². The molecule has 6 heteroatoms. The van der Waals surface area contributed by atoms with Crippen LogP contribution in [0.2, 0.25) is 0 Å². The molecule has 32 heavy (non-hydrogen) atoms. The van der Waals surface area contributed by atoms with Crippen LogP contribution >= 0.6 is 0 Å². The Labute approximate surface area is 187 Å². The van der Waals surface area contributed by atoms with Gasteiger partial charge in [-0.1, -0.05) is 72.8 Å². The number of nitrogens with one attached hydrogen (secondary N) is 2. The molecular weight excluding hydrogens is 404 g/mol. The van der Waals surface area contributed by atoms with Gasteiger partial charge in [0.05, 0.1) is 36.4 Å². The summed E-state index contributed by atoms with van der Waals surface area (Å²) in [7, 11) is 0. The summed E-state index contributed by atoms with van der Waals surface area (Å²) >= 11 is 0. The van der Waals surface area contributed by atoms with Crippen molar-refractivity contribution in [2.75, 3.05) is 13.2 Å². The molecule has 166 valence electrons. The van der Waals surface area contributed by atoms with Crippen molar-refractivity contribution < 1.29 is 19.8 Å². The zero-order valence-corrected chi connectivity index (χ0v) is 17.8. The fourth-order valence-electron chi connectivity index (χ4n) is 3.53. The third kappa shape index (κ3) is 6.51. The number of rotatable bonds is 10. The minimum Gasteiger partial charge on any atom is -0.394 e. The summed E-state index contributed by atoms with van der Waals surface area (Å²) in [5.74, 6) is -0.872. The predicted molar refractivity (Wildman–Crippen MR) is 123 cm³/mol. The molecule has 0 aliphatic heterocycles. The van der Waals surface area contributed by atoms with Crippen molar-refractivity contribution in [3.8, 4) is 0 Å². The van der Waals surface area contributed by atoms with E-state index in [-0.39, 0.29) is 24.3 Å². The fraction of sp³-hybridized carbons (Fsp3) is 0.231. The average Bonchev–Trinajstić information content (AvgIpc) is 2.84. The molecule has 0 spiro atoms. The van der Waals surface area contributed by atoms with Gasteiger partial charge in [0.25, 0.3) is 11.8 Å². The Morgan fingerprint density at radius 3 is 1.28 bits per heavy atom. The van der Waals surface area contributed by atoms with Gasteiger partial charge in [-0.2, -0.15) is 0 Å². The molecule has 2 atom stereocenters. The lowest BCUT2D eigenvalue weighted by atomic mass is 10.0. The van der Waals surface area contributed by atoms with Gasteiger partial charge in [-0.05, 0) is 36.1 Å². The first-order valence-corrected chi connectivity index (χ1v) is 10.6. The first-order valence-electron chi connectivity index (χ1n) is 10.6. The van der Waals surface area contributed by atoms with Crippen LogP contribution in [0.3, 0.4) is 0 Å². The predicted octanol–water partition coefficient (Wildman–Crippen LogP) is 2.35. The van der Waals surface area contributed by atoms with Gasteiger partial charge >= 0.3 is 0 Å². The first kappa shape index (κ1) is 23.2. The molecule has 3 aromatic carbocycles. The molecule has 0 aliphatic rings. The van der Waals surface area contributed by atoms with E-state index in [1.54, 1.807) is 24.3 Å². The number of hydrogen-bond donors (Lipinski definition) is 4. The van der Waals surface area contributed by atoms with E-state index >= 15 is 0 Å². The molecule has 2 unspecified atom stereocenters. The molecule has 0 radical (unpaired) electrons. The molecule has 0 aliphatic carbocycles. The Kier molecular flexibility index (Phi) is 8.54. The summed E-state index contributed by atoms with van der Waals surface area (Å²) in [6.45, 7) is -0.447. The summed E-state index contributed by atoms with van der Waals surface area (Å²) < 4.78 is 0. The summed E-state index contributed by atoms with van der Waals surface area (Å²) in [5.41, 5.74) is 2.41. The van der Waals surface area contributed by atoms with Gasteiger partial charge < -0.3 is 20.8 Å². The van der Waals surface area contributed by atoms with Crippen LogP contribution in [0.4, 0.5) is 0 Å². The quantitative estimate of drug-likeness (QED) is 0.395. The second-order valence-corrected chi connectivity index (χ2v) is 7.63. The number of aliphatic hydroxyl groups is 2. The van der Waals surface area contributed by atoms with Crippen LogP contribution in [0.15, 0.2) is 84.9 Å². The highest BCUT2D eigenvalue weighted by atomic mass is 16.3. The van der Waals surface area contributed by atoms with Gasteiger partial charge in [0.15, 0.2) is 0 Å². The van der Waals surface area contributed by atoms with E-state index in [2.05, 4.69) is 10.6 Å². The van der Waals surface area contributed by atoms with Crippen LogP contribution in [0, 0.1) is 0 Å². The van der Waals surface area contributed by atoms with E-state index in [1.807, 2.05) is 60.7 Å². The van der Waals surface area contributed by atoms with E-state index in [1.165, 1.54) is 0 Å². The Morgan fingerprint density at radius 2 is 0.938 bits per heavy atom. The molecule has 4 N–H and O–H groups in total. The zero-order valence-electron chi connectivity index (χ0n) is 17.8. The molecule has 0 saturated carbocycles. The number of aliphatic hydroxyl groups excluding tert-OH is 2. The maximum atomic E-state index is 12.9. The van der Waals surface area contributed by atoms with Gasteiger partial charge in [0.2, 0.25) is 0 Å². The zero-order chi connectivity index (χ0) is 22.8. The topological polar surface area (TPSA) is 98.7 Å². The van der Waals surface area contributed by atoms with Crippen LogP contribution in [-0.4, -0.2) is 47.3 Å². The minimum atomic E-state index is -0.482. The molecule has 0 heterocycles. The van der Waals surface area contributed by atoms with Gasteiger partial charge in [-0.3, -0.25) is 9.59 Å². The Hall–Kier alpha value is -3.48. The van der Waals surface area contributed by atoms with E-state index in [0.717, 1.165) is 11.1 Å². The highest BCUT2D eigenvalue weighted by Gasteiger charge is 2.21. The van der Waals surface area contributed by atoms with Gasteiger partial charge in [0, 0.05) is 0 Å². The smallest absolute Gasteiger partial charge is 0.252 e. The lowest BCUT2D eigenvalue weighted by Gasteiger charge is -2.19. The van der Waals surface area contributed by atoms with Crippen LogP contribution in [0.25, 0.3) is 0 Å². The van der Waals surface area contributed by atoms with Gasteiger partial charge in [0.1, 0.15) is 0 Å². The lowest BCUT2D eigenvalue weighted by Crippen LogP contribution is -2.42. The van der Waals surface area contributed by atoms with Crippen molar-refractivity contribution in [2.45, 2.75) is 24.9 Å². The third-order valence-electron chi connectivity index (χ3n) is 5.18. The van der Waals surface area contributed by atoms with Gasteiger partial charge in [-0.15, -0.1) is 0 Å². The molecule has 0 bridgehead atoms. The van der Waals surface area contributed by atoms with Crippen molar-refractivity contribution >= 4 is 11.8 Å². The van der Waals surface area contributed by atoms with E-state index in [0.29, 0.717) is 12.8 Å². The molecule has 3 rings (SSSR count). The summed E-state index contributed by atoms with van der Waals surface area (Å²) in [6.07, 6.45) is 0.947. The van der Waals surface area contributed by atoms with Crippen LogP contribution in [0.1, 0.15) is 31.8 Å². The highest BCUT2D eigenvalue weighted by molar-refractivity contribution is 6.07. The summed E-state index contributed by atoms with van der Waals surface area (Å²) in [5, 5.41) is 25.1. The SMILES string of the molecule is O=C(NC(CO)Cc1ccccc1)c1ccccc1C(=O)NC(CO)Cc1ccccc1. The second kappa shape index (κ2) is 11.8. The highest BCUT2D eigenvalue weighted by Crippen LogP contribution is 2.12. The fourth-order valence-corrected chi connectivity index (χ4v) is 3.53. The van der Waals surface area contributed by atoms with Crippen LogP contribution < -0.4 is 10.6 Å². The molecular formula is C26H28N2O4. The molecule has 0 saturated heterocycles. The molecule has 0 aromatic heterocycles. The van der Waals surface area contributed by atoms with Crippen LogP contribution in [-0.2, 0) is 12.8 Å². The van der Waals surface area contributed by atoms with E-state index in [4.69, 9.17) is 0 Å². The Bertz CT molecular complexity index is 926. The third-order valence-corrected chi connectivity index (χ3v) is 5.18. The van der Waals surface area contributed by atoms with E-state index < -0.39 is 23.9 Å². The minimum absolute atomic E-state index is 0.216. The maximum Gasteiger partial charge on any atom is 0.252 e. The number of benzene rings is 3. The lowest BCUT2D eigenvalue weighted by molar-refractivity contribution is 0.0882. The monoisotopic (exact) mass is 432 g/mol. The van der Waals surface area contributed by atoms with Crippen LogP contribution in [0.5, 0.6) is 0 Å². The van der Waals surface area contributed by atoms with Crippen molar-refractivity contribution in [3.63, 3.8) is 0 Å². The number of carbonyl (C=O) groups excluding carboxylic acids is 2. The molecule has 2 amide bonds. The Morgan fingerprint density at radius 1 is 0.594 bits per heavy atom. The summed E-state index contributed by atoms with van der Waals surface area (Å²) in [6, 6.07) is 24.7. The normalized spacial score (nSPS) is 12.6. The van der Waals surface area contributed by atoms with Gasteiger partial charge in [-0.25, -0.2) is 0 Å². The van der Waals surface area contributed by atoms with Crippen molar-refractivity contribution in [1.29, 1.82) is 0 Å². The second-order valence-electron chi connectivity index (χ2n) is 7.63. The average molecular weight is 433 g/mol. The molecule has 6 nitrogen and oxygen atoms in total. The summed E-state index contributed by atoms with van der Waals surface area (Å²) in [4.78, 5) is 25.8. The molecule has 0 fully saturated rings. The van der Waals surface area contributed by atoms with Crippen molar-refractivity contribution in [2.24, 2.45) is 0 Å². The standard InChI is InChI=1S/C26H28N2O4/c29-17-21(15-19-9-3-1-4-10-19)27-25(31)23-13-7-8-14-24(23)26(32)28-22(18-30)16-20-11-5-2-6-12-20/h1-14,21-22,29-30H,15-18H2,(H,27,31)(H,28,32). The maximum absolute atomic E-state index is 12.9. The first-order chi connectivity index (χ1) is 15.6. The number of carbonyl (C=O) groups is 2.